The van der Waals surface area contributed by atoms with Gasteiger partial charge in [0.1, 0.15) is 11.1 Å². The van der Waals surface area contributed by atoms with E-state index in [4.69, 9.17) is 4.98 Å². The second kappa shape index (κ2) is 9.05. The molecule has 6 heteroatoms. The number of nitriles is 1. The fourth-order valence-electron chi connectivity index (χ4n) is 3.55. The topological polar surface area (TPSA) is 65.8 Å². The first-order valence-electron chi connectivity index (χ1n) is 9.83. The van der Waals surface area contributed by atoms with Crippen molar-refractivity contribution >= 4 is 45.9 Å². The van der Waals surface area contributed by atoms with Crippen LogP contribution in [0.15, 0.2) is 35.4 Å². The fourth-order valence-corrected chi connectivity index (χ4v) is 4.81. The Labute approximate surface area is 191 Å². The Morgan fingerprint density at radius 2 is 2.03 bits per heavy atom. The van der Waals surface area contributed by atoms with Crippen molar-refractivity contribution in [3.05, 3.63) is 50.7 Å². The summed E-state index contributed by atoms with van der Waals surface area (Å²) in [4.78, 5) is 17.4. The number of carbonyl (C=O) groups is 1. The summed E-state index contributed by atoms with van der Waals surface area (Å²) in [6.45, 7) is 8.68. The lowest BCUT2D eigenvalue weighted by Crippen LogP contribution is -2.27. The number of aromatic nitrogens is 1. The van der Waals surface area contributed by atoms with Gasteiger partial charge in [-0.25, -0.2) is 4.98 Å². The maximum absolute atomic E-state index is 12.6. The second-order valence-electron chi connectivity index (χ2n) is 8.62. The maximum Gasteiger partial charge on any atom is 0.237 e. The van der Waals surface area contributed by atoms with Gasteiger partial charge in [0.2, 0.25) is 5.91 Å². The molecule has 1 aromatic carbocycles. The predicted molar refractivity (Wildman–Crippen MR) is 127 cm³/mol. The molecule has 2 aromatic rings. The minimum absolute atomic E-state index is 0.0904. The molecule has 29 heavy (non-hydrogen) atoms. The minimum atomic E-state index is -0.349. The van der Waals surface area contributed by atoms with E-state index in [1.807, 2.05) is 37.3 Å². The molecule has 2 unspecified atom stereocenters. The lowest BCUT2D eigenvalue weighted by atomic mass is 9.71. The molecule has 0 saturated carbocycles. The zero-order valence-electron chi connectivity index (χ0n) is 17.3. The van der Waals surface area contributed by atoms with Gasteiger partial charge in [0, 0.05) is 15.0 Å². The molecule has 0 aliphatic heterocycles. The highest BCUT2D eigenvalue weighted by Crippen LogP contribution is 2.38. The molecule has 0 fully saturated rings. The first-order valence-corrected chi connectivity index (χ1v) is 11.8. The van der Waals surface area contributed by atoms with E-state index in [1.165, 1.54) is 17.3 Å². The molecule has 3 rings (SSSR count). The summed E-state index contributed by atoms with van der Waals surface area (Å²) < 4.78 is 1.12. The van der Waals surface area contributed by atoms with Crippen LogP contribution in [-0.4, -0.2) is 16.1 Å². The number of thioether (sulfide) groups is 1. The Morgan fingerprint density at radius 1 is 1.34 bits per heavy atom. The molecule has 0 spiro atoms. The molecule has 0 radical (unpaired) electrons. The molecule has 1 heterocycles. The molecule has 0 saturated heterocycles. The number of carbonyl (C=O) groups excluding carboxylic acids is 1. The van der Waals surface area contributed by atoms with Crippen molar-refractivity contribution in [2.45, 2.75) is 57.2 Å². The van der Waals surface area contributed by atoms with Crippen LogP contribution in [0.4, 0.5) is 5.69 Å². The van der Waals surface area contributed by atoms with Crippen LogP contribution in [-0.2, 0) is 17.6 Å². The smallest absolute Gasteiger partial charge is 0.237 e. The third-order valence-corrected chi connectivity index (χ3v) is 7.29. The monoisotopic (exact) mass is 519 g/mol. The minimum Gasteiger partial charge on any atom is -0.325 e. The average Bonchev–Trinajstić information content (AvgIpc) is 2.68. The third-order valence-electron chi connectivity index (χ3n) is 5.47. The Hall–Kier alpha value is -1.59. The van der Waals surface area contributed by atoms with Gasteiger partial charge in [-0.2, -0.15) is 5.26 Å². The summed E-state index contributed by atoms with van der Waals surface area (Å²) in [6, 6.07) is 12.0. The van der Waals surface area contributed by atoms with Crippen LogP contribution in [0, 0.1) is 26.2 Å². The summed E-state index contributed by atoms with van der Waals surface area (Å²) in [6.07, 6.45) is 3.01. The Kier molecular flexibility index (Phi) is 6.90. The molecule has 152 valence electrons. The van der Waals surface area contributed by atoms with Gasteiger partial charge in [-0.1, -0.05) is 32.5 Å². The van der Waals surface area contributed by atoms with Crippen LogP contribution >= 0.6 is 34.4 Å². The van der Waals surface area contributed by atoms with Crippen molar-refractivity contribution in [3.63, 3.8) is 0 Å². The highest BCUT2D eigenvalue weighted by Gasteiger charge is 2.30. The zero-order valence-corrected chi connectivity index (χ0v) is 20.2. The number of benzene rings is 1. The number of aryl methyl sites for hydroxylation is 1. The average molecular weight is 519 g/mol. The molecular formula is C23H26IN3OS. The van der Waals surface area contributed by atoms with E-state index >= 15 is 0 Å². The summed E-state index contributed by atoms with van der Waals surface area (Å²) in [7, 11) is 0. The van der Waals surface area contributed by atoms with Crippen LogP contribution in [0.1, 0.15) is 50.9 Å². The van der Waals surface area contributed by atoms with E-state index in [0.29, 0.717) is 16.5 Å². The van der Waals surface area contributed by atoms with Crippen LogP contribution < -0.4 is 5.32 Å². The van der Waals surface area contributed by atoms with Crippen LogP contribution in [0.3, 0.4) is 0 Å². The van der Waals surface area contributed by atoms with Gasteiger partial charge in [0.25, 0.3) is 0 Å². The van der Waals surface area contributed by atoms with Crippen LogP contribution in [0.2, 0.25) is 0 Å². The Balaban J connectivity index is 1.74. The summed E-state index contributed by atoms with van der Waals surface area (Å²) in [5.74, 6) is 0.507. The van der Waals surface area contributed by atoms with Crippen molar-refractivity contribution in [3.8, 4) is 6.07 Å². The lowest BCUT2D eigenvalue weighted by molar-refractivity contribution is -0.115. The van der Waals surface area contributed by atoms with E-state index in [9.17, 15) is 10.1 Å². The quantitative estimate of drug-likeness (QED) is 0.408. The van der Waals surface area contributed by atoms with Gasteiger partial charge in [0.05, 0.1) is 10.8 Å². The SMILES string of the molecule is CC(Sc1nc2c(cc1C#N)CC(C(C)(C)C)CC2)C(=O)Nc1ccc(I)cc1. The molecular weight excluding hydrogens is 493 g/mol. The Bertz CT molecular complexity index is 944. The van der Waals surface area contributed by atoms with Gasteiger partial charge in [-0.15, -0.1) is 0 Å². The number of anilines is 1. The van der Waals surface area contributed by atoms with Crippen molar-refractivity contribution in [2.24, 2.45) is 11.3 Å². The van der Waals surface area contributed by atoms with Gasteiger partial charge < -0.3 is 5.32 Å². The van der Waals surface area contributed by atoms with E-state index in [2.05, 4.69) is 54.7 Å². The zero-order chi connectivity index (χ0) is 21.2. The van der Waals surface area contributed by atoms with Crippen molar-refractivity contribution in [1.82, 2.24) is 4.98 Å². The first-order chi connectivity index (χ1) is 13.7. The molecule has 1 amide bonds. The van der Waals surface area contributed by atoms with Crippen molar-refractivity contribution in [2.75, 3.05) is 5.32 Å². The molecule has 2 atom stereocenters. The largest absolute Gasteiger partial charge is 0.325 e. The number of hydrogen-bond acceptors (Lipinski definition) is 4. The van der Waals surface area contributed by atoms with E-state index in [-0.39, 0.29) is 16.6 Å². The van der Waals surface area contributed by atoms with E-state index in [0.717, 1.165) is 34.2 Å². The molecule has 1 N–H and O–H groups in total. The number of halogens is 1. The van der Waals surface area contributed by atoms with Crippen molar-refractivity contribution < 1.29 is 4.79 Å². The number of pyridine rings is 1. The summed E-state index contributed by atoms with van der Waals surface area (Å²) in [5.41, 5.74) is 3.86. The lowest BCUT2D eigenvalue weighted by Gasteiger charge is -2.34. The number of nitrogens with one attached hydrogen (secondary N) is 1. The molecule has 0 bridgehead atoms. The number of rotatable bonds is 4. The molecule has 1 aromatic heterocycles. The molecule has 1 aliphatic rings. The van der Waals surface area contributed by atoms with Gasteiger partial charge in [0.15, 0.2) is 0 Å². The molecule has 4 nitrogen and oxygen atoms in total. The van der Waals surface area contributed by atoms with E-state index < -0.39 is 0 Å². The first kappa shape index (κ1) is 22.1. The molecule has 1 aliphatic carbocycles. The van der Waals surface area contributed by atoms with Crippen LogP contribution in [0.5, 0.6) is 0 Å². The number of hydrogen-bond donors (Lipinski definition) is 1. The van der Waals surface area contributed by atoms with Gasteiger partial charge in [-0.05, 0) is 96.0 Å². The number of amides is 1. The standard InChI is InChI=1S/C23H26IN3OS/c1-14(21(28)26-19-8-6-18(24)7-9-19)29-22-16(13-25)11-15-12-17(23(2,3)4)5-10-20(15)27-22/h6-9,11,14,17H,5,10,12H2,1-4H3,(H,26,28). The number of fused-ring (bicyclic) bond motifs is 1. The maximum atomic E-state index is 12.6. The highest BCUT2D eigenvalue weighted by molar-refractivity contribution is 14.1. The van der Waals surface area contributed by atoms with Crippen LogP contribution in [0.25, 0.3) is 0 Å². The predicted octanol–water partition coefficient (Wildman–Crippen LogP) is 5.83. The highest BCUT2D eigenvalue weighted by atomic mass is 127. The fraction of sp³-hybridized carbons (Fsp3) is 0.435. The van der Waals surface area contributed by atoms with E-state index in [1.54, 1.807) is 0 Å². The van der Waals surface area contributed by atoms with Gasteiger partial charge in [-0.3, -0.25) is 4.79 Å². The van der Waals surface area contributed by atoms with Crippen molar-refractivity contribution in [1.29, 1.82) is 5.26 Å². The summed E-state index contributed by atoms with van der Waals surface area (Å²) >= 11 is 3.59. The number of nitrogens with zero attached hydrogens (tertiary/aromatic N) is 2. The third kappa shape index (κ3) is 5.52. The Morgan fingerprint density at radius 3 is 2.66 bits per heavy atom. The van der Waals surface area contributed by atoms with Gasteiger partial charge >= 0.3 is 0 Å². The summed E-state index contributed by atoms with van der Waals surface area (Å²) in [5, 5.41) is 12.9. The normalized spacial score (nSPS) is 17.2. The second-order valence-corrected chi connectivity index (χ2v) is 11.2.